The van der Waals surface area contributed by atoms with Crippen molar-refractivity contribution < 1.29 is 32.8 Å². The highest BCUT2D eigenvalue weighted by molar-refractivity contribution is 7.47. The fourth-order valence-electron chi connectivity index (χ4n) is 3.43. The van der Waals surface area contributed by atoms with E-state index in [0.29, 0.717) is 17.6 Å². The molecule has 0 heterocycles. The highest BCUT2D eigenvalue weighted by Crippen LogP contribution is 2.44. The van der Waals surface area contributed by atoms with E-state index in [9.17, 15) is 14.6 Å². The Labute approximate surface area is 210 Å². The molecule has 0 aliphatic heterocycles. The number of nitrogens with zero attached hydrogens (tertiary/aromatic N) is 1. The average Bonchev–Trinajstić information content (AvgIpc) is 2.76. The van der Waals surface area contributed by atoms with Gasteiger partial charge in [-0.15, -0.1) is 0 Å². The summed E-state index contributed by atoms with van der Waals surface area (Å²) in [5, 5.41) is 9.39. The second-order valence-corrected chi connectivity index (χ2v) is 11.6. The zero-order valence-electron chi connectivity index (χ0n) is 22.6. The van der Waals surface area contributed by atoms with Gasteiger partial charge >= 0.3 is 7.82 Å². The first-order chi connectivity index (χ1) is 16.2. The van der Waals surface area contributed by atoms with E-state index in [1.54, 1.807) is 0 Å². The van der Waals surface area contributed by atoms with Gasteiger partial charge in [-0.25, -0.2) is 4.57 Å². The van der Waals surface area contributed by atoms with E-state index in [4.69, 9.17) is 13.8 Å². The van der Waals surface area contributed by atoms with Crippen LogP contribution in [0.25, 0.3) is 0 Å². The van der Waals surface area contributed by atoms with E-state index in [1.165, 1.54) is 77.0 Å². The minimum atomic E-state index is -4.20. The van der Waals surface area contributed by atoms with Crippen molar-refractivity contribution >= 4 is 7.82 Å². The quantitative estimate of drug-likeness (QED) is 0.0657. The molecule has 1 unspecified atom stereocenters. The number of likely N-dealkylation sites (N-methyl/N-ethyl adjacent to an activating group) is 1. The van der Waals surface area contributed by atoms with Crippen molar-refractivity contribution in [2.24, 2.45) is 0 Å². The Morgan fingerprint density at radius 3 is 1.88 bits per heavy atom. The first kappa shape index (κ1) is 33.7. The molecular formula is C26H55NO6P+. The van der Waals surface area contributed by atoms with Crippen LogP contribution in [0, 0.1) is 0 Å². The second-order valence-electron chi connectivity index (χ2n) is 10.2. The number of aliphatic hydroxyl groups is 1. The monoisotopic (exact) mass is 508 g/mol. The number of quaternary nitrogens is 1. The molecule has 0 saturated heterocycles. The van der Waals surface area contributed by atoms with Gasteiger partial charge in [-0.05, 0) is 32.1 Å². The molecule has 0 radical (unpaired) electrons. The van der Waals surface area contributed by atoms with Crippen molar-refractivity contribution in [2.75, 3.05) is 54.1 Å². The van der Waals surface area contributed by atoms with Crippen LogP contribution in [0.4, 0.5) is 0 Å². The number of hydrogen-bond donors (Lipinski definition) is 2. The van der Waals surface area contributed by atoms with E-state index in [0.717, 1.165) is 12.8 Å². The zero-order valence-corrected chi connectivity index (χ0v) is 23.5. The number of aliphatic hydroxyl groups excluding tert-OH is 1. The summed E-state index contributed by atoms with van der Waals surface area (Å²) >= 11 is 0. The summed E-state index contributed by atoms with van der Waals surface area (Å²) in [4.78, 5) is 9.80. The topological polar surface area (TPSA) is 85.2 Å². The molecule has 0 amide bonds. The van der Waals surface area contributed by atoms with E-state index < -0.39 is 20.5 Å². The third kappa shape index (κ3) is 24.8. The molecule has 0 aromatic rings. The highest BCUT2D eigenvalue weighted by Gasteiger charge is 2.27. The summed E-state index contributed by atoms with van der Waals surface area (Å²) in [6.07, 6.45) is 21.4. The van der Waals surface area contributed by atoms with Crippen LogP contribution in [0.5, 0.6) is 0 Å². The van der Waals surface area contributed by atoms with Crippen LogP contribution < -0.4 is 0 Å². The number of unbranched alkanes of at least 4 members (excludes halogenated alkanes) is 12. The molecule has 0 aromatic heterocycles. The van der Waals surface area contributed by atoms with Crippen LogP contribution >= 0.6 is 7.82 Å². The summed E-state index contributed by atoms with van der Waals surface area (Å²) in [7, 11) is 1.70. The van der Waals surface area contributed by atoms with Gasteiger partial charge in [-0.1, -0.05) is 76.9 Å². The first-order valence-corrected chi connectivity index (χ1v) is 15.0. The molecule has 8 heteroatoms. The third-order valence-corrected chi connectivity index (χ3v) is 6.68. The Kier molecular flexibility index (Phi) is 21.8. The summed E-state index contributed by atoms with van der Waals surface area (Å²) < 4.78 is 28.2. The Morgan fingerprint density at radius 1 is 0.824 bits per heavy atom. The fraction of sp³-hybridized carbons (Fsp3) is 0.923. The molecule has 7 nitrogen and oxygen atoms in total. The zero-order chi connectivity index (χ0) is 25.5. The predicted octanol–water partition coefficient (Wildman–Crippen LogP) is 6.24. The fourth-order valence-corrected chi connectivity index (χ4v) is 4.31. The van der Waals surface area contributed by atoms with Gasteiger partial charge in [0.25, 0.3) is 0 Å². The Morgan fingerprint density at radius 2 is 1.35 bits per heavy atom. The molecule has 0 bridgehead atoms. The van der Waals surface area contributed by atoms with E-state index in [1.807, 2.05) is 21.1 Å². The summed E-state index contributed by atoms with van der Waals surface area (Å²) in [6, 6.07) is 0. The SMILES string of the molecule is CCCCCCCCC=CCCCCCCCCOC[C@H](CO)OP(=O)(O)OCC[N+](C)(C)C. The maximum absolute atomic E-state index is 12.0. The molecule has 2 atom stereocenters. The van der Waals surface area contributed by atoms with Crippen LogP contribution in [0.2, 0.25) is 0 Å². The molecule has 0 aromatic carbocycles. The predicted molar refractivity (Wildman–Crippen MR) is 141 cm³/mol. The average molecular weight is 509 g/mol. The first-order valence-electron chi connectivity index (χ1n) is 13.5. The van der Waals surface area contributed by atoms with Gasteiger partial charge < -0.3 is 19.2 Å². The Hall–Kier alpha value is -0.270. The van der Waals surface area contributed by atoms with E-state index >= 15 is 0 Å². The second kappa shape index (κ2) is 22.0. The number of allylic oxidation sites excluding steroid dienone is 2. The standard InChI is InChI=1S/C26H54NO6P/c1-5-6-7-8-9-10-11-12-13-14-15-16-17-18-19-20-22-31-25-26(24-28)33-34(29,30)32-23-21-27(2,3)4/h12-13,26,28H,5-11,14-25H2,1-4H3/p+1/t26-/m0/s1. The van der Waals surface area contributed by atoms with Crippen LogP contribution in [-0.2, 0) is 18.3 Å². The lowest BCUT2D eigenvalue weighted by atomic mass is 10.1. The van der Waals surface area contributed by atoms with Gasteiger partial charge in [0.2, 0.25) is 0 Å². The lowest BCUT2D eigenvalue weighted by Gasteiger charge is -2.24. The number of rotatable bonds is 25. The van der Waals surface area contributed by atoms with Crippen LogP contribution in [0.3, 0.4) is 0 Å². The van der Waals surface area contributed by atoms with Crippen molar-refractivity contribution in [1.29, 1.82) is 0 Å². The molecular weight excluding hydrogens is 453 g/mol. The Balaban J connectivity index is 3.56. The molecule has 0 aliphatic carbocycles. The number of phosphoric acid groups is 1. The molecule has 0 spiro atoms. The van der Waals surface area contributed by atoms with Crippen molar-refractivity contribution in [1.82, 2.24) is 0 Å². The Bertz CT molecular complexity index is 524. The lowest BCUT2D eigenvalue weighted by Crippen LogP contribution is -2.37. The molecule has 34 heavy (non-hydrogen) atoms. The van der Waals surface area contributed by atoms with Gasteiger partial charge in [-0.2, -0.15) is 0 Å². The van der Waals surface area contributed by atoms with Crippen molar-refractivity contribution in [3.8, 4) is 0 Å². The van der Waals surface area contributed by atoms with Crippen molar-refractivity contribution in [3.63, 3.8) is 0 Å². The maximum Gasteiger partial charge on any atom is 0.472 e. The normalized spacial score (nSPS) is 15.1. The van der Waals surface area contributed by atoms with Gasteiger partial charge in [0.15, 0.2) is 0 Å². The van der Waals surface area contributed by atoms with Crippen LogP contribution in [0.1, 0.15) is 96.8 Å². The minimum Gasteiger partial charge on any atom is -0.394 e. The molecule has 204 valence electrons. The van der Waals surface area contributed by atoms with Crippen LogP contribution in [-0.4, -0.2) is 74.7 Å². The largest absolute Gasteiger partial charge is 0.472 e. The highest BCUT2D eigenvalue weighted by atomic mass is 31.2. The smallest absolute Gasteiger partial charge is 0.394 e. The third-order valence-electron chi connectivity index (χ3n) is 5.61. The van der Waals surface area contributed by atoms with E-state index in [2.05, 4.69) is 19.1 Å². The van der Waals surface area contributed by atoms with Gasteiger partial charge in [-0.3, -0.25) is 9.05 Å². The lowest BCUT2D eigenvalue weighted by molar-refractivity contribution is -0.870. The molecule has 0 saturated carbocycles. The molecule has 2 N–H and O–H groups in total. The maximum atomic E-state index is 12.0. The minimum absolute atomic E-state index is 0.0742. The van der Waals surface area contributed by atoms with Gasteiger partial charge in [0.1, 0.15) is 19.3 Å². The van der Waals surface area contributed by atoms with E-state index in [-0.39, 0.29) is 13.2 Å². The van der Waals surface area contributed by atoms with Crippen LogP contribution in [0.15, 0.2) is 12.2 Å². The van der Waals surface area contributed by atoms with Crippen molar-refractivity contribution in [3.05, 3.63) is 12.2 Å². The molecule has 0 aliphatic rings. The molecule has 0 fully saturated rings. The number of phosphoric ester groups is 1. The molecule has 0 rings (SSSR count). The number of ether oxygens (including phenoxy) is 1. The van der Waals surface area contributed by atoms with Gasteiger partial charge in [0, 0.05) is 6.61 Å². The van der Waals surface area contributed by atoms with Crippen molar-refractivity contribution in [2.45, 2.75) is 103 Å². The number of hydrogen-bond acceptors (Lipinski definition) is 5. The summed E-state index contributed by atoms with van der Waals surface area (Å²) in [6.45, 7) is 3.17. The summed E-state index contributed by atoms with van der Waals surface area (Å²) in [5.41, 5.74) is 0. The summed E-state index contributed by atoms with van der Waals surface area (Å²) in [5.74, 6) is 0. The van der Waals surface area contributed by atoms with Gasteiger partial charge in [0.05, 0.1) is 34.4 Å².